The summed E-state index contributed by atoms with van der Waals surface area (Å²) in [5.41, 5.74) is 1.53. The van der Waals surface area contributed by atoms with Gasteiger partial charge in [-0.1, -0.05) is 79.6 Å². The predicted octanol–water partition coefficient (Wildman–Crippen LogP) is 8.05. The summed E-state index contributed by atoms with van der Waals surface area (Å²) in [4.78, 5) is 107. The fourth-order valence-electron chi connectivity index (χ4n) is 10.2. The lowest BCUT2D eigenvalue weighted by Gasteiger charge is -2.23. The van der Waals surface area contributed by atoms with Crippen LogP contribution < -0.4 is 5.32 Å². The first-order valence-corrected chi connectivity index (χ1v) is 35.8. The van der Waals surface area contributed by atoms with Crippen LogP contribution in [-0.4, -0.2) is 240 Å². The van der Waals surface area contributed by atoms with Gasteiger partial charge >= 0.3 is 23.9 Å². The minimum absolute atomic E-state index is 0.0232. The number of Topliss-reactive ketones (excluding diaryl/α,β-unsaturated/α-hetero) is 2. The summed E-state index contributed by atoms with van der Waals surface area (Å²) in [6, 6.07) is 1.59. The predicted molar refractivity (Wildman–Crippen MR) is 366 cm³/mol. The van der Waals surface area contributed by atoms with E-state index in [9.17, 15) is 51.6 Å². The van der Waals surface area contributed by atoms with Crippen LogP contribution in [0.5, 0.6) is 0 Å². The fraction of sp³-hybridized carbons (Fsp3) is 0.779. The standard InChI is InChI=1S/C12H16N2O4.C10H17NO3.C9H15NO3.C9H17NO.C8H15NO4S.C8H11NO2.C7H16O2.C5H13NO/c1-7(2)8-6-10(18-13-8)11(15)14-5-3-4-9(14)12(16)17;1-7(2)6-9(12)11-5-3-4-8(11)10(13)14;1-6(2)8(11)10-5-3-4-7(10)9(12)13;1-7(2)10-5-4-9(6-10)8(3)11;1-6(2)14(12,13)9-5-3-4-7(9)8(10)11;1-5(2)7-4-8(6(3)10)11-9-7;1-7(2)9-6-4-3-5-8;1-5(2)6-3-4-7/h6-7,9H,3-5H2,1-2H3,(H,16,17);7-8H,3-6H2,1-2H3,(H,13,14);6-7H,3-5H2,1-2H3,(H,12,13);7,9H,4-6H2,1-3H3;6-7H,3-5H2,1-2H3,(H,10,11);4-5H,1-3H3;7-8H,3-6H2,1-2H3;5-7H,3-4H2,1-2H3/t9-;8-;7-;;7-;;;/m111.1.../s1. The van der Waals surface area contributed by atoms with Crippen molar-refractivity contribution in [2.75, 3.05) is 65.6 Å². The van der Waals surface area contributed by atoms with Gasteiger partial charge in [0.25, 0.3) is 5.91 Å². The number of rotatable bonds is 23. The molecule has 5 saturated heterocycles. The van der Waals surface area contributed by atoms with Crippen LogP contribution >= 0.6 is 0 Å². The van der Waals surface area contributed by atoms with Crippen LogP contribution in [0, 0.1) is 17.8 Å². The number of aliphatic hydroxyl groups excluding tert-OH is 2. The zero-order valence-corrected chi connectivity index (χ0v) is 62.0. The van der Waals surface area contributed by atoms with Gasteiger partial charge in [0.1, 0.15) is 30.0 Å². The second kappa shape index (κ2) is 46.9. The second-order valence-corrected chi connectivity index (χ2v) is 29.5. The Bertz CT molecular complexity index is 2800. The highest BCUT2D eigenvalue weighted by molar-refractivity contribution is 7.89. The summed E-state index contributed by atoms with van der Waals surface area (Å²) in [5.74, 6) is -2.53. The Morgan fingerprint density at radius 1 is 0.588 bits per heavy atom. The molecule has 558 valence electrons. The number of aliphatic carboxylic acids is 4. The minimum atomic E-state index is -3.42. The number of sulfonamides is 1. The quantitative estimate of drug-likeness (QED) is 0.0408. The smallest absolute Gasteiger partial charge is 0.326 e. The Kier molecular flexibility index (Phi) is 43.9. The highest BCUT2D eigenvalue weighted by Gasteiger charge is 2.41. The van der Waals surface area contributed by atoms with E-state index >= 15 is 0 Å². The molecule has 0 saturated carbocycles. The summed E-state index contributed by atoms with van der Waals surface area (Å²) in [6.45, 7) is 40.2. The Morgan fingerprint density at radius 2 is 1.04 bits per heavy atom. The molecule has 5 atom stereocenters. The van der Waals surface area contributed by atoms with Crippen LogP contribution in [-0.2, 0) is 48.3 Å². The fourth-order valence-corrected chi connectivity index (χ4v) is 11.7. The Labute approximate surface area is 575 Å². The van der Waals surface area contributed by atoms with Crippen molar-refractivity contribution in [1.82, 2.24) is 39.5 Å². The molecule has 97 heavy (non-hydrogen) atoms. The van der Waals surface area contributed by atoms with Crippen LogP contribution in [0.4, 0.5) is 0 Å². The molecular weight excluding hydrogens is 1280 g/mol. The Morgan fingerprint density at radius 3 is 1.40 bits per heavy atom. The molecule has 0 bridgehead atoms. The van der Waals surface area contributed by atoms with Crippen molar-refractivity contribution in [2.45, 2.75) is 261 Å². The van der Waals surface area contributed by atoms with E-state index in [1.165, 1.54) is 21.6 Å². The molecule has 5 fully saturated rings. The van der Waals surface area contributed by atoms with Crippen molar-refractivity contribution < 1.29 is 96.0 Å². The van der Waals surface area contributed by atoms with Gasteiger partial charge in [0.2, 0.25) is 33.4 Å². The third-order valence-corrected chi connectivity index (χ3v) is 18.2. The number of carbonyl (C=O) groups is 9. The third-order valence-electron chi connectivity index (χ3n) is 16.0. The first kappa shape index (κ1) is 90.8. The molecular formula is C68H120N8O20S. The Hall–Kier alpha value is -6.24. The largest absolute Gasteiger partial charge is 0.480 e. The summed E-state index contributed by atoms with van der Waals surface area (Å²) in [5, 5.41) is 62.2. The maximum Gasteiger partial charge on any atom is 0.326 e. The van der Waals surface area contributed by atoms with Gasteiger partial charge in [0.15, 0.2) is 5.78 Å². The van der Waals surface area contributed by atoms with Gasteiger partial charge in [-0.15, -0.1) is 0 Å². The lowest BCUT2D eigenvalue weighted by atomic mass is 10.1. The van der Waals surface area contributed by atoms with Crippen molar-refractivity contribution in [2.24, 2.45) is 17.8 Å². The van der Waals surface area contributed by atoms with E-state index in [0.29, 0.717) is 125 Å². The molecule has 7 rings (SSSR count). The number of nitrogens with zero attached hydrogens (tertiary/aromatic N) is 7. The second-order valence-electron chi connectivity index (χ2n) is 27.0. The lowest BCUT2D eigenvalue weighted by Crippen LogP contribution is -2.43. The van der Waals surface area contributed by atoms with E-state index in [0.717, 1.165) is 61.8 Å². The maximum atomic E-state index is 12.1. The number of ether oxygens (including phenoxy) is 1. The molecule has 5 aliphatic heterocycles. The topological polar surface area (TPSA) is 399 Å². The molecule has 2 aromatic heterocycles. The van der Waals surface area contributed by atoms with E-state index < -0.39 is 63.3 Å². The molecule has 5 aliphatic rings. The van der Waals surface area contributed by atoms with E-state index in [1.807, 2.05) is 55.4 Å². The van der Waals surface area contributed by atoms with E-state index in [4.69, 9.17) is 44.4 Å². The molecule has 2 aromatic rings. The number of carboxylic acids is 4. The summed E-state index contributed by atoms with van der Waals surface area (Å²) in [7, 11) is -3.42. The van der Waals surface area contributed by atoms with Crippen LogP contribution in [0.25, 0.3) is 0 Å². The number of hydrogen-bond acceptors (Lipinski definition) is 20. The number of aliphatic hydroxyl groups is 2. The lowest BCUT2D eigenvalue weighted by molar-refractivity contribution is -0.149. The molecule has 7 heterocycles. The van der Waals surface area contributed by atoms with Crippen LogP contribution in [0.1, 0.15) is 246 Å². The number of carbonyl (C=O) groups excluding carboxylic acids is 5. The van der Waals surface area contributed by atoms with Crippen LogP contribution in [0.2, 0.25) is 0 Å². The van der Waals surface area contributed by atoms with Gasteiger partial charge in [0.05, 0.1) is 29.3 Å². The highest BCUT2D eigenvalue weighted by Crippen LogP contribution is 2.26. The van der Waals surface area contributed by atoms with E-state index in [1.54, 1.807) is 46.8 Å². The van der Waals surface area contributed by atoms with Crippen LogP contribution in [0.15, 0.2) is 21.2 Å². The molecule has 0 aliphatic carbocycles. The molecule has 28 nitrogen and oxygen atoms in total. The molecule has 1 unspecified atom stereocenters. The molecule has 0 aromatic carbocycles. The number of unbranched alkanes of at least 4 members (excludes halogenated alkanes) is 1. The monoisotopic (exact) mass is 1400 g/mol. The number of likely N-dealkylation sites (tertiary alicyclic amines) is 4. The number of hydrogen-bond donors (Lipinski definition) is 7. The number of aromatic nitrogens is 2. The minimum Gasteiger partial charge on any atom is -0.480 e. The van der Waals surface area contributed by atoms with Gasteiger partial charge < -0.3 is 69.3 Å². The summed E-state index contributed by atoms with van der Waals surface area (Å²) >= 11 is 0. The Balaban J connectivity index is 0.00000110. The first-order valence-electron chi connectivity index (χ1n) is 34.3. The van der Waals surface area contributed by atoms with Crippen molar-refractivity contribution in [3.63, 3.8) is 0 Å². The first-order chi connectivity index (χ1) is 45.2. The van der Waals surface area contributed by atoms with Crippen molar-refractivity contribution in [3.05, 3.63) is 35.0 Å². The number of nitrogens with one attached hydrogen (secondary N) is 1. The van der Waals surface area contributed by atoms with Gasteiger partial charge in [-0.25, -0.2) is 22.8 Å². The van der Waals surface area contributed by atoms with E-state index in [2.05, 4.69) is 48.2 Å². The molecule has 7 N–H and O–H groups in total. The van der Waals surface area contributed by atoms with Crippen molar-refractivity contribution >= 4 is 63.2 Å². The van der Waals surface area contributed by atoms with Gasteiger partial charge in [0, 0.05) is 102 Å². The molecule has 0 spiro atoms. The number of carboxylic acid groups (broad SMARTS) is 4. The van der Waals surface area contributed by atoms with Gasteiger partial charge in [-0.05, 0) is 143 Å². The summed E-state index contributed by atoms with van der Waals surface area (Å²) in [6.07, 6.45) is 8.69. The average molecular weight is 1400 g/mol. The SMILES string of the molecule is CC(=O)C1CCN(C(C)C)C1.CC(=O)c1cc(C(C)C)no1.CC(C)C(=O)N1CCC[C@@H]1C(=O)O.CC(C)CC(=O)N1CCC[C@@H]1C(=O)O.CC(C)NCCO.CC(C)OCCCCO.CC(C)S(=O)(=O)N1CCC[C@@H]1C(=O)O.CC(C)c1cc(C(=O)N2CCC[C@@H]2C(=O)O)on1. The average Bonchev–Trinajstić information content (AvgIpc) is 1.75. The zero-order valence-electron chi connectivity index (χ0n) is 61.2. The molecule has 29 heteroatoms. The highest BCUT2D eigenvalue weighted by atomic mass is 32.2. The van der Waals surface area contributed by atoms with Gasteiger partial charge in [-0.3, -0.25) is 28.8 Å². The number of ketones is 2. The van der Waals surface area contributed by atoms with Crippen LogP contribution in [0.3, 0.4) is 0 Å². The van der Waals surface area contributed by atoms with Gasteiger partial charge in [-0.2, -0.15) is 4.31 Å². The third kappa shape index (κ3) is 33.9. The molecule has 3 amide bonds. The zero-order chi connectivity index (χ0) is 74.6. The van der Waals surface area contributed by atoms with E-state index in [-0.39, 0.29) is 60.2 Å². The maximum absolute atomic E-state index is 12.1. The van der Waals surface area contributed by atoms with Crippen molar-refractivity contribution in [1.29, 1.82) is 0 Å². The number of amides is 3. The summed E-state index contributed by atoms with van der Waals surface area (Å²) < 4.78 is 39.5. The normalized spacial score (nSPS) is 19.2. The molecule has 0 radical (unpaired) electrons. The van der Waals surface area contributed by atoms with Crippen molar-refractivity contribution in [3.8, 4) is 0 Å².